The van der Waals surface area contributed by atoms with E-state index in [1.807, 2.05) is 0 Å². The minimum atomic E-state index is 0.00186. The Balaban J connectivity index is 3.32. The van der Waals surface area contributed by atoms with Crippen molar-refractivity contribution in [2.75, 3.05) is 6.61 Å². The van der Waals surface area contributed by atoms with Crippen LogP contribution < -0.4 is 0 Å². The maximum absolute atomic E-state index is 11.8. The van der Waals surface area contributed by atoms with Crippen molar-refractivity contribution < 1.29 is 9.53 Å². The summed E-state index contributed by atoms with van der Waals surface area (Å²) in [4.78, 5) is 11.8. The molecule has 0 aromatic rings. The molecule has 0 aliphatic rings. The molecule has 1 atom stereocenters. The second-order valence-corrected chi connectivity index (χ2v) is 9.77. The van der Waals surface area contributed by atoms with Crippen molar-refractivity contribution in [1.82, 2.24) is 0 Å². The number of hydrogen-bond donors (Lipinski definition) is 0. The third-order valence-corrected chi connectivity index (χ3v) is 5.99. The monoisotopic (exact) mass is 422 g/mol. The molecule has 0 aromatic carbocycles. The van der Waals surface area contributed by atoms with Gasteiger partial charge in [-0.05, 0) is 50.4 Å². The second-order valence-electron chi connectivity index (χ2n) is 9.77. The topological polar surface area (TPSA) is 26.3 Å². The summed E-state index contributed by atoms with van der Waals surface area (Å²) >= 11 is 0. The van der Waals surface area contributed by atoms with E-state index in [2.05, 4.69) is 39.8 Å². The van der Waals surface area contributed by atoms with Gasteiger partial charge in [0.25, 0.3) is 0 Å². The average molecular weight is 423 g/mol. The number of rotatable bonds is 22. The third-order valence-electron chi connectivity index (χ3n) is 5.99. The summed E-state index contributed by atoms with van der Waals surface area (Å²) in [6.45, 7) is 9.71. The molecule has 0 bridgehead atoms. The smallest absolute Gasteiger partial charge is 0.305 e. The Kier molecular flexibility index (Phi) is 22.3. The fraction of sp³-hybridized carbons (Fsp3) is 0.893. The Labute approximate surface area is 189 Å². The van der Waals surface area contributed by atoms with E-state index in [0.29, 0.717) is 18.9 Å². The highest BCUT2D eigenvalue weighted by molar-refractivity contribution is 5.69. The van der Waals surface area contributed by atoms with E-state index in [0.717, 1.165) is 25.2 Å². The quantitative estimate of drug-likeness (QED) is 0.0986. The lowest BCUT2D eigenvalue weighted by molar-refractivity contribution is -0.144. The van der Waals surface area contributed by atoms with Gasteiger partial charge in [-0.25, -0.2) is 0 Å². The number of allylic oxidation sites excluding steroid dienone is 2. The first-order valence-electron chi connectivity index (χ1n) is 13.4. The predicted molar refractivity (Wildman–Crippen MR) is 133 cm³/mol. The predicted octanol–water partition coefficient (Wildman–Crippen LogP) is 9.42. The summed E-state index contributed by atoms with van der Waals surface area (Å²) in [5.41, 5.74) is 0. The van der Waals surface area contributed by atoms with Gasteiger partial charge in [0.05, 0.1) is 6.61 Å². The Morgan fingerprint density at radius 3 is 1.87 bits per heavy atom. The van der Waals surface area contributed by atoms with E-state index in [9.17, 15) is 4.79 Å². The average Bonchev–Trinajstić information content (AvgIpc) is 2.70. The highest BCUT2D eigenvalue weighted by Crippen LogP contribution is 2.15. The van der Waals surface area contributed by atoms with Gasteiger partial charge < -0.3 is 4.74 Å². The highest BCUT2D eigenvalue weighted by atomic mass is 16.5. The first-order valence-corrected chi connectivity index (χ1v) is 13.4. The van der Waals surface area contributed by atoms with Gasteiger partial charge in [0.15, 0.2) is 0 Å². The summed E-state index contributed by atoms with van der Waals surface area (Å²) in [5.74, 6) is 1.46. The molecule has 0 saturated heterocycles. The van der Waals surface area contributed by atoms with Crippen LogP contribution in [0.1, 0.15) is 143 Å². The molecule has 0 radical (unpaired) electrons. The van der Waals surface area contributed by atoms with Crippen molar-refractivity contribution in [3.63, 3.8) is 0 Å². The first-order chi connectivity index (χ1) is 14.6. The van der Waals surface area contributed by atoms with Crippen molar-refractivity contribution in [2.24, 2.45) is 11.8 Å². The Morgan fingerprint density at radius 1 is 0.700 bits per heavy atom. The van der Waals surface area contributed by atoms with E-state index in [1.165, 1.54) is 89.9 Å². The zero-order valence-electron chi connectivity index (χ0n) is 21.1. The maximum atomic E-state index is 11.8. The molecular weight excluding hydrogens is 368 g/mol. The Morgan fingerprint density at radius 2 is 1.27 bits per heavy atom. The maximum Gasteiger partial charge on any atom is 0.305 e. The normalized spacial score (nSPS) is 12.7. The van der Waals surface area contributed by atoms with E-state index in [1.54, 1.807) is 0 Å². The van der Waals surface area contributed by atoms with Crippen LogP contribution in [0.5, 0.6) is 0 Å². The first kappa shape index (κ1) is 29.2. The van der Waals surface area contributed by atoms with Crippen molar-refractivity contribution in [3.8, 4) is 0 Å². The van der Waals surface area contributed by atoms with Crippen LogP contribution in [0.25, 0.3) is 0 Å². The molecule has 0 rings (SSSR count). The molecule has 0 spiro atoms. The van der Waals surface area contributed by atoms with Gasteiger partial charge in [-0.2, -0.15) is 0 Å². The molecule has 0 amide bonds. The summed E-state index contributed by atoms with van der Waals surface area (Å²) in [6.07, 6.45) is 26.9. The van der Waals surface area contributed by atoms with Gasteiger partial charge in [-0.3, -0.25) is 4.79 Å². The molecular formula is C28H54O2. The molecule has 0 aliphatic carbocycles. The minimum Gasteiger partial charge on any atom is -0.466 e. The number of hydrogen-bond acceptors (Lipinski definition) is 2. The number of esters is 1. The van der Waals surface area contributed by atoms with E-state index in [4.69, 9.17) is 4.74 Å². The lowest BCUT2D eigenvalue weighted by Gasteiger charge is -2.12. The molecule has 0 aromatic heterocycles. The molecule has 0 aliphatic heterocycles. The standard InChI is InChI=1S/C28H54O2/c1-5-6-7-8-9-10-11-12-13-14-15-16-17-18-19-23-28(29)30-25-24-27(4)22-20-21-26(2)3/h12-13,26-27H,5-11,14-25H2,1-4H3/b13-12-/t27-/m1/s1. The Bertz CT molecular complexity index is 386. The van der Waals surface area contributed by atoms with Gasteiger partial charge in [-0.15, -0.1) is 0 Å². The van der Waals surface area contributed by atoms with E-state index < -0.39 is 0 Å². The van der Waals surface area contributed by atoms with Crippen LogP contribution in [0, 0.1) is 11.8 Å². The molecule has 2 heteroatoms. The van der Waals surface area contributed by atoms with Gasteiger partial charge >= 0.3 is 5.97 Å². The Hall–Kier alpha value is -0.790. The molecule has 0 heterocycles. The number of unbranched alkanes of at least 4 members (excludes halogenated alkanes) is 11. The van der Waals surface area contributed by atoms with Crippen molar-refractivity contribution in [2.45, 2.75) is 143 Å². The molecule has 0 fully saturated rings. The summed E-state index contributed by atoms with van der Waals surface area (Å²) in [5, 5.41) is 0. The van der Waals surface area contributed by atoms with Gasteiger partial charge in [0.1, 0.15) is 0 Å². The summed E-state index contributed by atoms with van der Waals surface area (Å²) in [6, 6.07) is 0. The van der Waals surface area contributed by atoms with Crippen molar-refractivity contribution in [1.29, 1.82) is 0 Å². The lowest BCUT2D eigenvalue weighted by atomic mass is 9.98. The van der Waals surface area contributed by atoms with E-state index in [-0.39, 0.29) is 5.97 Å². The van der Waals surface area contributed by atoms with Crippen LogP contribution in [0.4, 0.5) is 0 Å². The zero-order valence-corrected chi connectivity index (χ0v) is 21.1. The van der Waals surface area contributed by atoms with Gasteiger partial charge in [-0.1, -0.05) is 110 Å². The zero-order chi connectivity index (χ0) is 22.3. The lowest BCUT2D eigenvalue weighted by Crippen LogP contribution is -2.08. The molecule has 30 heavy (non-hydrogen) atoms. The van der Waals surface area contributed by atoms with Crippen molar-refractivity contribution in [3.05, 3.63) is 12.2 Å². The van der Waals surface area contributed by atoms with Crippen LogP contribution in [0.15, 0.2) is 12.2 Å². The fourth-order valence-electron chi connectivity index (χ4n) is 3.81. The van der Waals surface area contributed by atoms with Crippen LogP contribution >= 0.6 is 0 Å². The van der Waals surface area contributed by atoms with Gasteiger partial charge in [0.2, 0.25) is 0 Å². The van der Waals surface area contributed by atoms with Crippen molar-refractivity contribution >= 4 is 5.97 Å². The highest BCUT2D eigenvalue weighted by Gasteiger charge is 2.06. The number of carbonyl (C=O) groups is 1. The molecule has 0 unspecified atom stereocenters. The van der Waals surface area contributed by atoms with Crippen LogP contribution in [0.2, 0.25) is 0 Å². The van der Waals surface area contributed by atoms with Crippen LogP contribution in [-0.2, 0) is 9.53 Å². The molecule has 0 N–H and O–H groups in total. The molecule has 178 valence electrons. The molecule has 0 saturated carbocycles. The number of carbonyl (C=O) groups excluding carboxylic acids is 1. The number of ether oxygens (including phenoxy) is 1. The van der Waals surface area contributed by atoms with E-state index >= 15 is 0 Å². The van der Waals surface area contributed by atoms with Gasteiger partial charge in [0, 0.05) is 6.42 Å². The largest absolute Gasteiger partial charge is 0.466 e. The van der Waals surface area contributed by atoms with Crippen LogP contribution in [-0.4, -0.2) is 12.6 Å². The van der Waals surface area contributed by atoms with Crippen LogP contribution in [0.3, 0.4) is 0 Å². The second kappa shape index (κ2) is 22.9. The fourth-order valence-corrected chi connectivity index (χ4v) is 3.81. The SMILES string of the molecule is CCCCCCCC/C=C\CCCCCCCC(=O)OCC[C@H](C)CCCC(C)C. The third kappa shape index (κ3) is 23.5. The molecule has 2 nitrogen and oxygen atoms in total. The summed E-state index contributed by atoms with van der Waals surface area (Å²) < 4.78 is 5.41. The summed E-state index contributed by atoms with van der Waals surface area (Å²) in [7, 11) is 0. The minimum absolute atomic E-state index is 0.00186.